The van der Waals surface area contributed by atoms with E-state index in [4.69, 9.17) is 0 Å². The second-order valence-electron chi connectivity index (χ2n) is 14.4. The number of rotatable bonds is 12. The first kappa shape index (κ1) is 35.1. The van der Waals surface area contributed by atoms with Crippen molar-refractivity contribution in [1.82, 2.24) is 0 Å². The Hall–Kier alpha value is -4.60. The molecule has 1 atom stereocenters. The lowest BCUT2D eigenvalue weighted by Crippen LogP contribution is -2.35. The Labute approximate surface area is 321 Å². The molecule has 264 valence electrons. The minimum Gasteiger partial charge on any atom is -0.396 e. The van der Waals surface area contributed by atoms with Gasteiger partial charge in [-0.2, -0.15) is 0 Å². The Morgan fingerprint density at radius 1 is 0.426 bits per heavy atom. The van der Waals surface area contributed by atoms with Crippen LogP contribution >= 0.6 is 23.4 Å². The summed E-state index contributed by atoms with van der Waals surface area (Å²) in [5.41, 5.74) is -0.316. The number of aliphatic hydroxyl groups excluding tert-OH is 1. The van der Waals surface area contributed by atoms with Crippen LogP contribution in [0.2, 0.25) is 0 Å². The fraction of sp³-hybridized carbons (Fsp3) is 0.120. The van der Waals surface area contributed by atoms with Crippen LogP contribution in [-0.4, -0.2) is 24.0 Å². The van der Waals surface area contributed by atoms with E-state index in [2.05, 4.69) is 194 Å². The summed E-state index contributed by atoms with van der Waals surface area (Å²) in [6.45, 7) is 0.156. The first-order valence-corrected chi connectivity index (χ1v) is 23.5. The van der Waals surface area contributed by atoms with E-state index in [1.807, 2.05) is 0 Å². The minimum atomic E-state index is -0.774. The molecule has 0 spiro atoms. The van der Waals surface area contributed by atoms with Crippen LogP contribution in [0.1, 0.15) is 6.42 Å². The molecule has 0 aliphatic heterocycles. The molecule has 8 aromatic carbocycles. The highest BCUT2D eigenvalue weighted by Gasteiger charge is 2.37. The third-order valence-corrected chi connectivity index (χ3v) is 19.5. The van der Waals surface area contributed by atoms with Crippen molar-refractivity contribution in [2.45, 2.75) is 12.6 Å². The Morgan fingerprint density at radius 2 is 0.852 bits per heavy atom. The van der Waals surface area contributed by atoms with Gasteiger partial charge in [0.1, 0.15) is 0 Å². The van der Waals surface area contributed by atoms with E-state index in [0.29, 0.717) is 0 Å². The zero-order chi connectivity index (χ0) is 36.3. The van der Waals surface area contributed by atoms with E-state index in [1.54, 1.807) is 0 Å². The smallest absolute Gasteiger partial charge is 0.0497 e. The Morgan fingerprint density at radius 3 is 1.35 bits per heavy atom. The zero-order valence-corrected chi connectivity index (χ0v) is 33.0. The van der Waals surface area contributed by atoms with Crippen molar-refractivity contribution in [3.05, 3.63) is 194 Å². The average Bonchev–Trinajstić information content (AvgIpc) is 3.56. The van der Waals surface area contributed by atoms with Gasteiger partial charge in [0.05, 0.1) is 0 Å². The SMILES string of the molecule is OC[C@](CCP(c1cccc2ccccc12)c1cccc2ccccc12)(CP(c1ccccc1)c1ccccc1)Cp1c2ccccc2c2ccccc21. The summed E-state index contributed by atoms with van der Waals surface area (Å²) in [5.74, 6) is 0. The van der Waals surface area contributed by atoms with E-state index in [-0.39, 0.29) is 12.0 Å². The largest absolute Gasteiger partial charge is 0.396 e. The summed E-state index contributed by atoms with van der Waals surface area (Å²) in [4.78, 5) is 0. The van der Waals surface area contributed by atoms with Crippen LogP contribution in [0, 0.1) is 5.41 Å². The molecule has 54 heavy (non-hydrogen) atoms. The molecule has 0 aliphatic carbocycles. The van der Waals surface area contributed by atoms with Gasteiger partial charge < -0.3 is 5.11 Å². The molecule has 4 heteroatoms. The Bertz CT molecular complexity index is 2500. The maximum atomic E-state index is 12.1. The van der Waals surface area contributed by atoms with Crippen molar-refractivity contribution < 1.29 is 5.11 Å². The van der Waals surface area contributed by atoms with Gasteiger partial charge in [-0.25, -0.2) is 0 Å². The summed E-state index contributed by atoms with van der Waals surface area (Å²) in [5, 5.41) is 28.6. The molecular formula is C50H43OP3. The molecule has 1 N–H and O–H groups in total. The zero-order valence-electron chi connectivity index (χ0n) is 30.3. The third-order valence-electron chi connectivity index (χ3n) is 11.1. The van der Waals surface area contributed by atoms with Crippen molar-refractivity contribution in [3.8, 4) is 0 Å². The number of fused-ring (bicyclic) bond motifs is 5. The van der Waals surface area contributed by atoms with Gasteiger partial charge in [-0.05, 0) is 94.3 Å². The molecule has 9 rings (SSSR count). The first-order chi connectivity index (χ1) is 26.7. The molecule has 0 unspecified atom stereocenters. The molecule has 1 heterocycles. The Balaban J connectivity index is 1.22. The Kier molecular flexibility index (Phi) is 10.2. The lowest BCUT2D eigenvalue weighted by molar-refractivity contribution is 0.152. The monoisotopic (exact) mass is 752 g/mol. The first-order valence-electron chi connectivity index (χ1n) is 18.9. The topological polar surface area (TPSA) is 20.2 Å². The van der Waals surface area contributed by atoms with Crippen LogP contribution in [0.25, 0.3) is 42.6 Å². The van der Waals surface area contributed by atoms with Gasteiger partial charge in [-0.1, -0.05) is 194 Å². The number of benzene rings is 8. The summed E-state index contributed by atoms with van der Waals surface area (Å²) < 4.78 is 0. The van der Waals surface area contributed by atoms with Crippen LogP contribution < -0.4 is 21.2 Å². The molecule has 0 fully saturated rings. The van der Waals surface area contributed by atoms with Crippen molar-refractivity contribution in [3.63, 3.8) is 0 Å². The average molecular weight is 753 g/mol. The molecule has 1 aromatic heterocycles. The maximum Gasteiger partial charge on any atom is 0.0497 e. The molecule has 0 saturated heterocycles. The van der Waals surface area contributed by atoms with Gasteiger partial charge in [0.25, 0.3) is 0 Å². The lowest BCUT2D eigenvalue weighted by Gasteiger charge is -2.38. The highest BCUT2D eigenvalue weighted by Crippen LogP contribution is 2.57. The van der Waals surface area contributed by atoms with E-state index < -0.39 is 23.4 Å². The fourth-order valence-corrected chi connectivity index (χ4v) is 17.4. The highest BCUT2D eigenvalue weighted by molar-refractivity contribution is 7.74. The molecule has 0 bridgehead atoms. The van der Waals surface area contributed by atoms with E-state index in [0.717, 1.165) is 24.9 Å². The molecule has 9 aromatic rings. The van der Waals surface area contributed by atoms with Gasteiger partial charge >= 0.3 is 0 Å². The van der Waals surface area contributed by atoms with Crippen LogP contribution in [0.3, 0.4) is 0 Å². The number of hydrogen-bond acceptors (Lipinski definition) is 1. The summed E-state index contributed by atoms with van der Waals surface area (Å²) >= 11 is 0. The van der Waals surface area contributed by atoms with Gasteiger partial charge in [-0.3, -0.25) is 0 Å². The quantitative estimate of drug-likeness (QED) is 0.123. The van der Waals surface area contributed by atoms with Crippen molar-refractivity contribution in [2.75, 3.05) is 18.9 Å². The van der Waals surface area contributed by atoms with Crippen LogP contribution in [-0.2, 0) is 6.16 Å². The second kappa shape index (κ2) is 15.6. The van der Waals surface area contributed by atoms with E-state index in [1.165, 1.54) is 63.8 Å². The second-order valence-corrected chi connectivity index (χ2v) is 21.0. The lowest BCUT2D eigenvalue weighted by atomic mass is 9.91. The van der Waals surface area contributed by atoms with Gasteiger partial charge in [0.2, 0.25) is 0 Å². The van der Waals surface area contributed by atoms with Gasteiger partial charge in [-0.15, -0.1) is 7.53 Å². The summed E-state index contributed by atoms with van der Waals surface area (Å²) in [6, 6.07) is 71.9. The van der Waals surface area contributed by atoms with Crippen LogP contribution in [0.15, 0.2) is 194 Å². The predicted octanol–water partition coefficient (Wildman–Crippen LogP) is 11.9. The minimum absolute atomic E-state index is 0.156. The molecule has 1 nitrogen and oxygen atoms in total. The van der Waals surface area contributed by atoms with Gasteiger partial charge in [0, 0.05) is 22.3 Å². The molecule has 0 saturated carbocycles. The predicted molar refractivity (Wildman–Crippen MR) is 241 cm³/mol. The third kappa shape index (κ3) is 6.81. The molecule has 0 amide bonds. The standard InChI is InChI=1S/C50H43OP3/c51-35-50(36-53(40-21-3-1-4-22-40)41-23-5-2-6-24-41,37-54-48-29-13-11-27-44(48)45-28-12-14-30-49(45)54)33-34-52(46-31-15-19-38-17-7-9-25-42(38)46)47-32-16-20-39-18-8-10-26-43(39)47/h1-32,51H,33-37H2/t50-/m1/s1. The molecule has 0 aliphatic rings. The van der Waals surface area contributed by atoms with Crippen molar-refractivity contribution >= 4 is 87.1 Å². The number of hydrogen-bond donors (Lipinski definition) is 1. The molecule has 0 radical (unpaired) electrons. The van der Waals surface area contributed by atoms with Crippen LogP contribution in [0.5, 0.6) is 0 Å². The van der Waals surface area contributed by atoms with Crippen molar-refractivity contribution in [1.29, 1.82) is 0 Å². The normalized spacial score (nSPS) is 13.0. The maximum absolute atomic E-state index is 12.1. The summed E-state index contributed by atoms with van der Waals surface area (Å²) in [7, 11) is -2.19. The van der Waals surface area contributed by atoms with Crippen LogP contribution in [0.4, 0.5) is 0 Å². The van der Waals surface area contributed by atoms with E-state index in [9.17, 15) is 5.11 Å². The fourth-order valence-electron chi connectivity index (χ4n) is 8.39. The summed E-state index contributed by atoms with van der Waals surface area (Å²) in [6.07, 6.45) is 3.82. The highest BCUT2D eigenvalue weighted by atomic mass is 31.1. The molecular weight excluding hydrogens is 709 g/mol. The van der Waals surface area contributed by atoms with Crippen molar-refractivity contribution in [2.24, 2.45) is 5.41 Å². The number of aliphatic hydroxyl groups is 1. The van der Waals surface area contributed by atoms with Gasteiger partial charge in [0.15, 0.2) is 0 Å². The van der Waals surface area contributed by atoms with E-state index >= 15 is 0 Å².